The number of imidazole rings is 2. The van der Waals surface area contributed by atoms with Crippen LogP contribution in [0.4, 0.5) is 0 Å². The van der Waals surface area contributed by atoms with E-state index in [0.29, 0.717) is 0 Å². The molecule has 300 valence electrons. The molecule has 2 N–H and O–H groups in total. The second-order valence-corrected chi connectivity index (χ2v) is 15.6. The van der Waals surface area contributed by atoms with Gasteiger partial charge in [0.2, 0.25) is 11.8 Å². The molecule has 0 saturated carbocycles. The van der Waals surface area contributed by atoms with E-state index in [1.54, 1.807) is 0 Å². The number of rotatable bonds is 14. The molecule has 2 aromatic heterocycles. The van der Waals surface area contributed by atoms with Crippen LogP contribution < -0.4 is 0 Å². The van der Waals surface area contributed by atoms with Crippen LogP contribution in [0.25, 0.3) is 33.4 Å². The van der Waals surface area contributed by atoms with E-state index >= 15 is 0 Å². The molecule has 2 saturated heterocycles. The summed E-state index contributed by atoms with van der Waals surface area (Å²) in [6.45, 7) is 13.1. The zero-order chi connectivity index (χ0) is 40.2. The number of nitrogens with zero attached hydrogens (tertiary/aromatic N) is 6. The number of likely N-dealkylation sites (tertiary alicyclic amines) is 2. The number of carbonyl (C=O) groups is 2. The molecule has 6 aromatic rings. The molecule has 2 aliphatic heterocycles. The Labute approximate surface area is 342 Å². The second kappa shape index (κ2) is 17.5. The summed E-state index contributed by atoms with van der Waals surface area (Å²) in [6.07, 6.45) is 5.61. The van der Waals surface area contributed by atoms with Crippen molar-refractivity contribution in [2.24, 2.45) is 0 Å². The summed E-state index contributed by atoms with van der Waals surface area (Å²) in [5.41, 5.74) is 7.89. The van der Waals surface area contributed by atoms with Crippen molar-refractivity contribution in [1.29, 1.82) is 0 Å². The lowest BCUT2D eigenvalue weighted by Gasteiger charge is -2.34. The van der Waals surface area contributed by atoms with Crippen LogP contribution in [0, 0.1) is 0 Å². The van der Waals surface area contributed by atoms with Crippen LogP contribution in [0.1, 0.15) is 100 Å². The van der Waals surface area contributed by atoms with E-state index in [4.69, 9.17) is 9.97 Å². The van der Waals surface area contributed by atoms with Crippen molar-refractivity contribution >= 4 is 22.8 Å². The number of carbonyl (C=O) groups excluding carboxylic acids is 2. The predicted octanol–water partition coefficient (Wildman–Crippen LogP) is 9.11. The van der Waals surface area contributed by atoms with Gasteiger partial charge in [0.15, 0.2) is 0 Å². The molecular formula is C48H56N8O2. The molecule has 0 unspecified atom stereocenters. The fraction of sp³-hybridized carbons (Fsp3) is 0.375. The monoisotopic (exact) mass is 776 g/mol. The molecular weight excluding hydrogens is 721 g/mol. The zero-order valence-electron chi connectivity index (χ0n) is 34.3. The third-order valence-electron chi connectivity index (χ3n) is 12.3. The Morgan fingerprint density at radius 3 is 1.74 bits per heavy atom. The normalized spacial score (nSPS) is 18.1. The van der Waals surface area contributed by atoms with E-state index in [2.05, 4.69) is 114 Å². The van der Waals surface area contributed by atoms with E-state index < -0.39 is 0 Å². The largest absolute Gasteiger partial charge is 0.346 e. The first-order chi connectivity index (χ1) is 28.4. The van der Waals surface area contributed by atoms with Crippen LogP contribution in [0.15, 0.2) is 109 Å². The van der Waals surface area contributed by atoms with Gasteiger partial charge in [-0.3, -0.25) is 19.4 Å². The first kappa shape index (κ1) is 39.3. The van der Waals surface area contributed by atoms with Crippen molar-refractivity contribution in [3.63, 3.8) is 0 Å². The maximum absolute atomic E-state index is 14.4. The van der Waals surface area contributed by atoms with Gasteiger partial charge in [-0.1, -0.05) is 113 Å². The standard InChI is InChI=1S/C48H56N8O2/c1-5-53(6-2)43(33-18-11-9-12-19-33)47(57)55-28-16-24-41(55)45-49-32-40(52-45)37-23-15-22-35(30-37)36-26-27-38-39(31-36)51-46(50-38)42-25-17-29-56(42)48(58)44(54(7-3)8-4)34-20-13-10-14-21-34/h9-15,18-23,26-27,30-32,41-44H,5-8,16-17,24-25,28-29H2,1-4H3,(H,49,52)(H,50,51)/t41-,42-,43+,44+/m0/s1. The average Bonchev–Trinajstić information content (AvgIpc) is 4.11. The van der Waals surface area contributed by atoms with Gasteiger partial charge < -0.3 is 19.8 Å². The highest BCUT2D eigenvalue weighted by Gasteiger charge is 2.39. The number of amides is 2. The first-order valence-corrected chi connectivity index (χ1v) is 21.3. The second-order valence-electron chi connectivity index (χ2n) is 15.6. The van der Waals surface area contributed by atoms with Gasteiger partial charge in [-0.15, -0.1) is 0 Å². The van der Waals surface area contributed by atoms with E-state index in [-0.39, 0.29) is 36.0 Å². The van der Waals surface area contributed by atoms with E-state index in [1.807, 2.05) is 52.4 Å². The number of hydrogen-bond acceptors (Lipinski definition) is 6. The van der Waals surface area contributed by atoms with Crippen molar-refractivity contribution in [1.82, 2.24) is 39.5 Å². The summed E-state index contributed by atoms with van der Waals surface area (Å²) >= 11 is 0. The third kappa shape index (κ3) is 7.71. The molecule has 2 amide bonds. The fourth-order valence-corrected chi connectivity index (χ4v) is 9.29. The lowest BCUT2D eigenvalue weighted by molar-refractivity contribution is -0.139. The molecule has 58 heavy (non-hydrogen) atoms. The summed E-state index contributed by atoms with van der Waals surface area (Å²) in [4.78, 5) is 54.5. The molecule has 4 heterocycles. The molecule has 0 aliphatic carbocycles. The lowest BCUT2D eigenvalue weighted by Crippen LogP contribution is -2.43. The quantitative estimate of drug-likeness (QED) is 0.114. The maximum atomic E-state index is 14.4. The van der Waals surface area contributed by atoms with Crippen molar-refractivity contribution in [3.8, 4) is 22.4 Å². The Bertz CT molecular complexity index is 2310. The highest BCUT2D eigenvalue weighted by atomic mass is 16.2. The summed E-state index contributed by atoms with van der Waals surface area (Å²) in [7, 11) is 0. The van der Waals surface area contributed by atoms with Gasteiger partial charge in [-0.25, -0.2) is 9.97 Å². The molecule has 10 nitrogen and oxygen atoms in total. The molecule has 10 heteroatoms. The Kier molecular flexibility index (Phi) is 11.8. The van der Waals surface area contributed by atoms with Crippen molar-refractivity contribution in [2.45, 2.75) is 77.5 Å². The first-order valence-electron chi connectivity index (χ1n) is 21.3. The number of aromatic nitrogens is 4. The van der Waals surface area contributed by atoms with Crippen LogP contribution in [0.5, 0.6) is 0 Å². The highest BCUT2D eigenvalue weighted by Crippen LogP contribution is 2.38. The number of likely N-dealkylation sites (N-methyl/N-ethyl adjacent to an activating group) is 2. The summed E-state index contributed by atoms with van der Waals surface area (Å²) in [6, 6.07) is 34.3. The average molecular weight is 777 g/mol. The van der Waals surface area contributed by atoms with Crippen molar-refractivity contribution in [3.05, 3.63) is 132 Å². The van der Waals surface area contributed by atoms with E-state index in [0.717, 1.165) is 121 Å². The van der Waals surface area contributed by atoms with Crippen LogP contribution in [0.2, 0.25) is 0 Å². The number of fused-ring (bicyclic) bond motifs is 1. The Morgan fingerprint density at radius 2 is 1.17 bits per heavy atom. The van der Waals surface area contributed by atoms with Crippen LogP contribution in [-0.4, -0.2) is 90.6 Å². The number of aromatic amines is 2. The van der Waals surface area contributed by atoms with Gasteiger partial charge in [-0.05, 0) is 92.3 Å². The zero-order valence-corrected chi connectivity index (χ0v) is 34.3. The minimum Gasteiger partial charge on any atom is -0.346 e. The molecule has 8 rings (SSSR count). The molecule has 0 radical (unpaired) electrons. The van der Waals surface area contributed by atoms with Gasteiger partial charge >= 0.3 is 0 Å². The Hall–Kier alpha value is -5.58. The number of H-pyrrole nitrogens is 2. The number of benzene rings is 4. The molecule has 4 aromatic carbocycles. The fourth-order valence-electron chi connectivity index (χ4n) is 9.29. The molecule has 0 spiro atoms. The number of nitrogens with one attached hydrogen (secondary N) is 2. The highest BCUT2D eigenvalue weighted by molar-refractivity contribution is 5.86. The topological polar surface area (TPSA) is 104 Å². The van der Waals surface area contributed by atoms with Gasteiger partial charge in [0.05, 0.1) is 28.8 Å². The Balaban J connectivity index is 1.01. The molecule has 2 aliphatic rings. The maximum Gasteiger partial charge on any atom is 0.245 e. The minimum absolute atomic E-state index is 0.102. The smallest absolute Gasteiger partial charge is 0.245 e. The van der Waals surface area contributed by atoms with Crippen LogP contribution >= 0.6 is 0 Å². The predicted molar refractivity (Wildman–Crippen MR) is 231 cm³/mol. The summed E-state index contributed by atoms with van der Waals surface area (Å²) in [5.74, 6) is 1.95. The SMILES string of the molecule is CCN(CC)[C@@H](C(=O)N1CCC[C@H]1c1nc(-c2cccc(-c3ccc4[nH]c([C@@H]5CCCN5C(=O)[C@@H](c5ccccc5)N(CC)CC)nc4c3)c2)c[nH]1)c1ccccc1. The summed E-state index contributed by atoms with van der Waals surface area (Å²) < 4.78 is 0. The number of hydrogen-bond donors (Lipinski definition) is 2. The minimum atomic E-state index is -0.324. The molecule has 4 atom stereocenters. The van der Waals surface area contributed by atoms with Gasteiger partial charge in [0.1, 0.15) is 23.7 Å². The van der Waals surface area contributed by atoms with E-state index in [1.165, 1.54) is 0 Å². The lowest BCUT2D eigenvalue weighted by atomic mass is 10.0. The summed E-state index contributed by atoms with van der Waals surface area (Å²) in [5, 5.41) is 0. The van der Waals surface area contributed by atoms with Crippen molar-refractivity contribution < 1.29 is 9.59 Å². The van der Waals surface area contributed by atoms with E-state index in [9.17, 15) is 9.59 Å². The Morgan fingerprint density at radius 1 is 0.638 bits per heavy atom. The van der Waals surface area contributed by atoms with Crippen LogP contribution in [0.3, 0.4) is 0 Å². The molecule has 2 fully saturated rings. The van der Waals surface area contributed by atoms with Crippen LogP contribution in [-0.2, 0) is 9.59 Å². The molecule has 0 bridgehead atoms. The van der Waals surface area contributed by atoms with Crippen molar-refractivity contribution in [2.75, 3.05) is 39.3 Å². The van der Waals surface area contributed by atoms with Gasteiger partial charge in [0, 0.05) is 24.8 Å². The third-order valence-corrected chi connectivity index (χ3v) is 12.3. The van der Waals surface area contributed by atoms with Gasteiger partial charge in [-0.2, -0.15) is 0 Å². The van der Waals surface area contributed by atoms with Gasteiger partial charge in [0.25, 0.3) is 0 Å².